The number of hydrogen-bond donors (Lipinski definition) is 1. The maximum absolute atomic E-state index is 13.0. The van der Waals surface area contributed by atoms with Crippen LogP contribution in [-0.4, -0.2) is 74.6 Å². The zero-order chi connectivity index (χ0) is 25.4. The third-order valence-corrected chi connectivity index (χ3v) is 8.31. The largest absolute Gasteiger partial charge is 0.444 e. The van der Waals surface area contributed by atoms with E-state index in [9.17, 15) is 9.00 Å². The summed E-state index contributed by atoms with van der Waals surface area (Å²) in [6, 6.07) is 4.02. The monoisotopic (exact) mass is 507 g/mol. The van der Waals surface area contributed by atoms with Crippen LogP contribution in [0.25, 0.3) is 0 Å². The molecule has 2 aliphatic heterocycles. The summed E-state index contributed by atoms with van der Waals surface area (Å²) in [5.41, 5.74) is -0.352. The Kier molecular flexibility index (Phi) is 7.46. The molecule has 4 rings (SSSR count). The minimum atomic E-state index is -1.25. The Morgan fingerprint density at radius 1 is 1.20 bits per heavy atom. The van der Waals surface area contributed by atoms with Gasteiger partial charge < -0.3 is 19.3 Å². The summed E-state index contributed by atoms with van der Waals surface area (Å²) in [5, 5.41) is 9.06. The molecule has 196 valence electrons. The summed E-state index contributed by atoms with van der Waals surface area (Å²) in [5.74, 6) is 1.38. The van der Waals surface area contributed by atoms with E-state index in [1.165, 1.54) is 12.8 Å². The molecular formula is C25H41N5O4S. The van der Waals surface area contributed by atoms with Crippen LogP contribution in [0.4, 0.5) is 10.6 Å². The molecule has 10 heteroatoms. The zero-order valence-corrected chi connectivity index (χ0v) is 22.8. The maximum Gasteiger partial charge on any atom is 0.410 e. The maximum atomic E-state index is 13.0. The predicted octanol–water partition coefficient (Wildman–Crippen LogP) is 3.37. The number of amides is 1. The summed E-state index contributed by atoms with van der Waals surface area (Å²) in [6.45, 7) is 14.7. The van der Waals surface area contributed by atoms with Gasteiger partial charge in [-0.05, 0) is 85.3 Å². The molecular weight excluding hydrogens is 466 g/mol. The van der Waals surface area contributed by atoms with Crippen molar-refractivity contribution >= 4 is 22.9 Å². The van der Waals surface area contributed by atoms with Gasteiger partial charge in [-0.3, -0.25) is 0 Å². The quantitative estimate of drug-likeness (QED) is 0.604. The molecule has 1 aromatic rings. The van der Waals surface area contributed by atoms with Gasteiger partial charge in [0.05, 0.1) is 40.7 Å². The fraction of sp³-hybridized carbons (Fsp3) is 0.800. The van der Waals surface area contributed by atoms with E-state index < -0.39 is 22.1 Å². The number of rotatable bonds is 7. The van der Waals surface area contributed by atoms with Gasteiger partial charge in [0, 0.05) is 19.6 Å². The molecule has 1 aromatic heterocycles. The van der Waals surface area contributed by atoms with Crippen LogP contribution in [0.5, 0.6) is 0 Å². The van der Waals surface area contributed by atoms with E-state index in [4.69, 9.17) is 9.47 Å². The number of ether oxygens (including phenoxy) is 2. The van der Waals surface area contributed by atoms with Gasteiger partial charge in [-0.1, -0.05) is 0 Å². The van der Waals surface area contributed by atoms with E-state index in [1.54, 1.807) is 0 Å². The lowest BCUT2D eigenvalue weighted by Gasteiger charge is -2.42. The van der Waals surface area contributed by atoms with Gasteiger partial charge in [0.1, 0.15) is 11.1 Å². The van der Waals surface area contributed by atoms with Crippen molar-refractivity contribution in [3.63, 3.8) is 0 Å². The highest BCUT2D eigenvalue weighted by molar-refractivity contribution is 7.84. The SMILES string of the molecule is CC(C)(C)OC(=O)N(CC1CC1)[C@@H]1CCCN(c2ccc(C3(NS(=O)C(C)(C)C)COC3)nn2)C1. The van der Waals surface area contributed by atoms with Gasteiger partial charge in [0.25, 0.3) is 0 Å². The van der Waals surface area contributed by atoms with E-state index in [2.05, 4.69) is 19.8 Å². The summed E-state index contributed by atoms with van der Waals surface area (Å²) < 4.78 is 26.8. The number of piperidine rings is 1. The lowest BCUT2D eigenvalue weighted by atomic mass is 9.94. The molecule has 1 saturated carbocycles. The highest BCUT2D eigenvalue weighted by Crippen LogP contribution is 2.33. The van der Waals surface area contributed by atoms with Crippen LogP contribution in [0.3, 0.4) is 0 Å². The van der Waals surface area contributed by atoms with E-state index in [1.807, 2.05) is 58.6 Å². The minimum absolute atomic E-state index is 0.0860. The normalized spacial score (nSPS) is 23.4. The Hall–Kier alpha value is -1.78. The Morgan fingerprint density at radius 3 is 2.43 bits per heavy atom. The van der Waals surface area contributed by atoms with Crippen LogP contribution in [0.2, 0.25) is 0 Å². The van der Waals surface area contributed by atoms with E-state index >= 15 is 0 Å². The molecule has 1 N–H and O–H groups in total. The standard InChI is InChI=1S/C25H41N5O4S/c1-23(2,3)34-22(31)30(14-18-9-10-18)19-8-7-13-29(15-19)21-12-11-20(26-27-21)25(16-33-17-25)28-35(32)24(4,5)6/h11-12,18-19,28H,7-10,13-17H2,1-6H3/t19-,35?/m1/s1. The number of nitrogens with one attached hydrogen (secondary N) is 1. The summed E-state index contributed by atoms with van der Waals surface area (Å²) in [7, 11) is -1.25. The highest BCUT2D eigenvalue weighted by atomic mass is 32.2. The smallest absolute Gasteiger partial charge is 0.410 e. The first-order chi connectivity index (χ1) is 16.4. The molecule has 1 aliphatic carbocycles. The van der Waals surface area contributed by atoms with Crippen molar-refractivity contribution in [2.24, 2.45) is 5.92 Å². The molecule has 0 aromatic carbocycles. The molecule has 3 fully saturated rings. The number of aromatic nitrogens is 2. The van der Waals surface area contributed by atoms with Gasteiger partial charge in [-0.25, -0.2) is 13.7 Å². The van der Waals surface area contributed by atoms with Crippen LogP contribution in [0, 0.1) is 5.92 Å². The molecule has 1 unspecified atom stereocenters. The van der Waals surface area contributed by atoms with Crippen molar-refractivity contribution in [2.45, 2.75) is 89.2 Å². The zero-order valence-electron chi connectivity index (χ0n) is 22.0. The molecule has 2 atom stereocenters. The summed E-state index contributed by atoms with van der Waals surface area (Å²) >= 11 is 0. The Bertz CT molecular complexity index is 919. The van der Waals surface area contributed by atoms with Crippen molar-refractivity contribution in [3.8, 4) is 0 Å². The van der Waals surface area contributed by atoms with Crippen LogP contribution in [0.15, 0.2) is 12.1 Å². The lowest BCUT2D eigenvalue weighted by Crippen LogP contribution is -2.60. The fourth-order valence-electron chi connectivity index (χ4n) is 4.33. The molecule has 3 heterocycles. The Morgan fingerprint density at radius 2 is 1.91 bits per heavy atom. The number of nitrogens with zero attached hydrogens (tertiary/aromatic N) is 4. The first-order valence-corrected chi connectivity index (χ1v) is 13.9. The Labute approximate surface area is 211 Å². The molecule has 2 saturated heterocycles. The third kappa shape index (κ3) is 6.51. The van der Waals surface area contributed by atoms with Crippen molar-refractivity contribution < 1.29 is 18.5 Å². The van der Waals surface area contributed by atoms with Crippen molar-refractivity contribution in [1.29, 1.82) is 0 Å². The molecule has 0 radical (unpaired) electrons. The number of carbonyl (C=O) groups excluding carboxylic acids is 1. The van der Waals surface area contributed by atoms with Gasteiger partial charge in [-0.2, -0.15) is 5.10 Å². The summed E-state index contributed by atoms with van der Waals surface area (Å²) in [4.78, 5) is 17.2. The minimum Gasteiger partial charge on any atom is -0.444 e. The molecule has 0 spiro atoms. The number of anilines is 1. The topological polar surface area (TPSA) is 96.9 Å². The number of carbonyl (C=O) groups is 1. The van der Waals surface area contributed by atoms with Gasteiger partial charge in [0.2, 0.25) is 0 Å². The molecule has 0 bridgehead atoms. The molecule has 1 amide bonds. The second kappa shape index (κ2) is 9.94. The second-order valence-electron chi connectivity index (χ2n) is 12.2. The second-order valence-corrected chi connectivity index (χ2v) is 14.1. The van der Waals surface area contributed by atoms with Gasteiger partial charge in [-0.15, -0.1) is 5.10 Å². The predicted molar refractivity (Wildman–Crippen MR) is 136 cm³/mol. The fourth-order valence-corrected chi connectivity index (χ4v) is 5.22. The van der Waals surface area contributed by atoms with E-state index in [0.29, 0.717) is 25.7 Å². The van der Waals surface area contributed by atoms with Crippen LogP contribution in [-0.2, 0) is 26.0 Å². The van der Waals surface area contributed by atoms with Crippen LogP contribution < -0.4 is 9.62 Å². The number of hydrogen-bond acceptors (Lipinski definition) is 7. The van der Waals surface area contributed by atoms with Crippen molar-refractivity contribution in [1.82, 2.24) is 19.8 Å². The lowest BCUT2D eigenvalue weighted by molar-refractivity contribution is -0.0685. The average Bonchev–Trinajstić information content (AvgIpc) is 3.57. The highest BCUT2D eigenvalue weighted by Gasteiger charge is 2.45. The third-order valence-electron chi connectivity index (χ3n) is 6.62. The van der Waals surface area contributed by atoms with Crippen molar-refractivity contribution in [2.75, 3.05) is 37.7 Å². The Balaban J connectivity index is 1.45. The molecule has 3 aliphatic rings. The molecule has 9 nitrogen and oxygen atoms in total. The molecule has 35 heavy (non-hydrogen) atoms. The van der Waals surface area contributed by atoms with Gasteiger partial charge >= 0.3 is 6.09 Å². The van der Waals surface area contributed by atoms with E-state index in [0.717, 1.165) is 37.4 Å². The average molecular weight is 508 g/mol. The first kappa shape index (κ1) is 26.3. The summed E-state index contributed by atoms with van der Waals surface area (Å²) in [6.07, 6.45) is 4.08. The van der Waals surface area contributed by atoms with Gasteiger partial charge in [0.15, 0.2) is 5.82 Å². The van der Waals surface area contributed by atoms with Crippen molar-refractivity contribution in [3.05, 3.63) is 17.8 Å². The first-order valence-electron chi connectivity index (χ1n) is 12.7. The van der Waals surface area contributed by atoms with E-state index in [-0.39, 0.29) is 16.9 Å². The van der Waals surface area contributed by atoms with Crippen LogP contribution in [0.1, 0.15) is 72.9 Å². The van der Waals surface area contributed by atoms with Crippen LogP contribution >= 0.6 is 0 Å².